The predicted molar refractivity (Wildman–Crippen MR) is 78.3 cm³/mol. The van der Waals surface area contributed by atoms with Crippen LogP contribution in [0.2, 0.25) is 0 Å². The van der Waals surface area contributed by atoms with E-state index < -0.39 is 5.60 Å². The highest BCUT2D eigenvalue weighted by Gasteiger charge is 2.39. The number of nitrogens with two attached hydrogens (primary N) is 1. The second-order valence-electron chi connectivity index (χ2n) is 5.37. The third-order valence-electron chi connectivity index (χ3n) is 4.00. The van der Waals surface area contributed by atoms with E-state index in [1.165, 1.54) is 6.42 Å². The highest BCUT2D eigenvalue weighted by atomic mass is 16.5. The minimum atomic E-state index is -0.406. The zero-order chi connectivity index (χ0) is 14.7. The Morgan fingerprint density at radius 3 is 2.86 bits per heavy atom. The van der Waals surface area contributed by atoms with E-state index in [1.54, 1.807) is 18.5 Å². The van der Waals surface area contributed by atoms with Crippen LogP contribution in [0, 0.1) is 0 Å². The van der Waals surface area contributed by atoms with Gasteiger partial charge in [0.05, 0.1) is 17.4 Å². The summed E-state index contributed by atoms with van der Waals surface area (Å²) < 4.78 is 11.4. The molecule has 0 amide bonds. The zero-order valence-corrected chi connectivity index (χ0v) is 12.2. The lowest BCUT2D eigenvalue weighted by Crippen LogP contribution is -2.33. The van der Waals surface area contributed by atoms with E-state index in [-0.39, 0.29) is 0 Å². The number of nitrogen functional groups attached to an aromatic ring is 1. The molecule has 0 aromatic carbocycles. The molecule has 2 aromatic heterocycles. The summed E-state index contributed by atoms with van der Waals surface area (Å²) in [5.74, 6) is 1.06. The van der Waals surface area contributed by atoms with Crippen molar-refractivity contribution in [1.82, 2.24) is 15.1 Å². The standard InChI is InChI=1S/C15H20N4O2/c1-2-20-15(7-4-3-5-8-15)14-18-13(21-19-14)11-6-9-17-10-12(11)16/h6,9-10H,2-5,7-8,16H2,1H3. The molecule has 2 aromatic rings. The lowest BCUT2D eigenvalue weighted by molar-refractivity contribution is -0.0777. The molecule has 1 aliphatic carbocycles. The van der Waals surface area contributed by atoms with Gasteiger partial charge in [-0.25, -0.2) is 0 Å². The average molecular weight is 288 g/mol. The van der Waals surface area contributed by atoms with Crippen molar-refractivity contribution in [3.63, 3.8) is 0 Å². The number of aromatic nitrogens is 3. The maximum Gasteiger partial charge on any atom is 0.260 e. The third-order valence-corrected chi connectivity index (χ3v) is 4.00. The van der Waals surface area contributed by atoms with E-state index >= 15 is 0 Å². The summed E-state index contributed by atoms with van der Waals surface area (Å²) in [6, 6.07) is 1.78. The molecule has 0 aliphatic heterocycles. The molecule has 0 unspecified atom stereocenters. The lowest BCUT2D eigenvalue weighted by atomic mass is 9.84. The fraction of sp³-hybridized carbons (Fsp3) is 0.533. The summed E-state index contributed by atoms with van der Waals surface area (Å²) in [4.78, 5) is 8.52. The number of anilines is 1. The highest BCUT2D eigenvalue weighted by molar-refractivity contribution is 5.68. The topological polar surface area (TPSA) is 87.1 Å². The first-order valence-electron chi connectivity index (χ1n) is 7.43. The van der Waals surface area contributed by atoms with Crippen LogP contribution in [0.25, 0.3) is 11.5 Å². The normalized spacial score (nSPS) is 17.8. The molecule has 2 heterocycles. The van der Waals surface area contributed by atoms with Gasteiger partial charge in [-0.2, -0.15) is 4.98 Å². The number of ether oxygens (including phenoxy) is 1. The quantitative estimate of drug-likeness (QED) is 0.930. The Bertz CT molecular complexity index is 600. The van der Waals surface area contributed by atoms with E-state index in [0.29, 0.717) is 29.6 Å². The predicted octanol–water partition coefficient (Wildman–Crippen LogP) is 2.91. The summed E-state index contributed by atoms with van der Waals surface area (Å²) in [5.41, 5.74) is 6.75. The molecule has 112 valence electrons. The summed E-state index contributed by atoms with van der Waals surface area (Å²) in [6.07, 6.45) is 8.60. The highest BCUT2D eigenvalue weighted by Crippen LogP contribution is 2.39. The monoisotopic (exact) mass is 288 g/mol. The Morgan fingerprint density at radius 2 is 2.14 bits per heavy atom. The molecule has 1 aliphatic rings. The Kier molecular flexibility index (Phi) is 3.88. The fourth-order valence-corrected chi connectivity index (χ4v) is 2.95. The molecule has 0 atom stereocenters. The molecule has 0 bridgehead atoms. The number of pyridine rings is 1. The molecule has 0 spiro atoms. The summed E-state index contributed by atoms with van der Waals surface area (Å²) in [6.45, 7) is 2.64. The van der Waals surface area contributed by atoms with Crippen LogP contribution in [0.5, 0.6) is 0 Å². The minimum Gasteiger partial charge on any atom is -0.397 e. The SMILES string of the molecule is CCOC1(c2noc(-c3ccncc3N)n2)CCCCC1. The molecule has 2 N–H and O–H groups in total. The van der Waals surface area contributed by atoms with E-state index in [1.807, 2.05) is 6.92 Å². The fourth-order valence-electron chi connectivity index (χ4n) is 2.95. The second-order valence-corrected chi connectivity index (χ2v) is 5.37. The number of nitrogens with zero attached hydrogens (tertiary/aromatic N) is 3. The third kappa shape index (κ3) is 2.63. The van der Waals surface area contributed by atoms with Gasteiger partial charge >= 0.3 is 0 Å². The van der Waals surface area contributed by atoms with E-state index in [0.717, 1.165) is 25.7 Å². The van der Waals surface area contributed by atoms with Crippen LogP contribution in [0.3, 0.4) is 0 Å². The summed E-state index contributed by atoms with van der Waals surface area (Å²) in [7, 11) is 0. The molecular formula is C15H20N4O2. The van der Waals surface area contributed by atoms with Gasteiger partial charge in [-0.3, -0.25) is 4.98 Å². The first-order chi connectivity index (χ1) is 10.2. The van der Waals surface area contributed by atoms with E-state index in [2.05, 4.69) is 15.1 Å². The minimum absolute atomic E-state index is 0.406. The van der Waals surface area contributed by atoms with Crippen molar-refractivity contribution in [2.75, 3.05) is 12.3 Å². The van der Waals surface area contributed by atoms with Crippen LogP contribution in [-0.4, -0.2) is 21.7 Å². The average Bonchev–Trinajstić information content (AvgIpc) is 2.99. The molecule has 21 heavy (non-hydrogen) atoms. The molecule has 0 saturated heterocycles. The Balaban J connectivity index is 1.94. The van der Waals surface area contributed by atoms with Crippen molar-refractivity contribution in [1.29, 1.82) is 0 Å². The van der Waals surface area contributed by atoms with E-state index in [4.69, 9.17) is 15.0 Å². The van der Waals surface area contributed by atoms with Crippen molar-refractivity contribution in [2.45, 2.75) is 44.6 Å². The molecule has 1 fully saturated rings. The molecule has 6 nitrogen and oxygen atoms in total. The van der Waals surface area contributed by atoms with Gasteiger partial charge < -0.3 is 15.0 Å². The largest absolute Gasteiger partial charge is 0.397 e. The Labute approximate surface area is 123 Å². The number of rotatable bonds is 4. The molecule has 1 saturated carbocycles. The first kappa shape index (κ1) is 14.0. The van der Waals surface area contributed by atoms with Crippen LogP contribution in [0.15, 0.2) is 23.0 Å². The van der Waals surface area contributed by atoms with Gasteiger partial charge in [-0.1, -0.05) is 24.4 Å². The van der Waals surface area contributed by atoms with Gasteiger partial charge in [-0.05, 0) is 25.8 Å². The van der Waals surface area contributed by atoms with Gasteiger partial charge in [0, 0.05) is 12.8 Å². The Hall–Kier alpha value is -1.95. The van der Waals surface area contributed by atoms with E-state index in [9.17, 15) is 0 Å². The van der Waals surface area contributed by atoms with Crippen molar-refractivity contribution in [2.24, 2.45) is 0 Å². The number of hydrogen-bond donors (Lipinski definition) is 1. The maximum atomic E-state index is 6.01. The van der Waals surface area contributed by atoms with Crippen LogP contribution in [0.4, 0.5) is 5.69 Å². The molecule has 6 heteroatoms. The first-order valence-corrected chi connectivity index (χ1v) is 7.43. The van der Waals surface area contributed by atoms with Gasteiger partial charge in [0.2, 0.25) is 5.82 Å². The van der Waals surface area contributed by atoms with Crippen molar-refractivity contribution in [3.8, 4) is 11.5 Å². The van der Waals surface area contributed by atoms with Gasteiger partial charge in [0.25, 0.3) is 5.89 Å². The van der Waals surface area contributed by atoms with Crippen LogP contribution < -0.4 is 5.73 Å². The molecular weight excluding hydrogens is 268 g/mol. The smallest absolute Gasteiger partial charge is 0.260 e. The maximum absolute atomic E-state index is 6.01. The zero-order valence-electron chi connectivity index (χ0n) is 12.2. The number of hydrogen-bond acceptors (Lipinski definition) is 6. The second kappa shape index (κ2) is 5.81. The van der Waals surface area contributed by atoms with Gasteiger partial charge in [0.15, 0.2) is 0 Å². The van der Waals surface area contributed by atoms with Crippen LogP contribution >= 0.6 is 0 Å². The van der Waals surface area contributed by atoms with Crippen molar-refractivity contribution < 1.29 is 9.26 Å². The Morgan fingerprint density at radius 1 is 1.33 bits per heavy atom. The van der Waals surface area contributed by atoms with Crippen molar-refractivity contribution in [3.05, 3.63) is 24.3 Å². The summed E-state index contributed by atoms with van der Waals surface area (Å²) >= 11 is 0. The van der Waals surface area contributed by atoms with Crippen LogP contribution in [0.1, 0.15) is 44.9 Å². The lowest BCUT2D eigenvalue weighted by Gasteiger charge is -2.33. The van der Waals surface area contributed by atoms with Gasteiger partial charge in [0.1, 0.15) is 5.60 Å². The molecule has 0 radical (unpaired) electrons. The van der Waals surface area contributed by atoms with Gasteiger partial charge in [-0.15, -0.1) is 0 Å². The summed E-state index contributed by atoms with van der Waals surface area (Å²) in [5, 5.41) is 4.16. The molecule has 3 rings (SSSR count). The van der Waals surface area contributed by atoms with Crippen molar-refractivity contribution >= 4 is 5.69 Å². The van der Waals surface area contributed by atoms with Crippen LogP contribution in [-0.2, 0) is 10.3 Å².